The highest BCUT2D eigenvalue weighted by Gasteiger charge is 2.36. The van der Waals surface area contributed by atoms with Gasteiger partial charge in [-0.2, -0.15) is 0 Å². The first-order valence-corrected chi connectivity index (χ1v) is 13.0. The molecule has 0 N–H and O–H groups in total. The number of fused-ring (bicyclic) bond motifs is 1. The Morgan fingerprint density at radius 3 is 2.42 bits per heavy atom. The molecule has 2 aromatic carbocycles. The number of hydrogen-bond donors (Lipinski definition) is 0. The van der Waals surface area contributed by atoms with Gasteiger partial charge in [0.05, 0.1) is 16.9 Å². The third kappa shape index (κ3) is 4.74. The fraction of sp³-hybridized carbons (Fsp3) is 0.385. The van der Waals surface area contributed by atoms with Crippen LogP contribution in [0.5, 0.6) is 0 Å². The summed E-state index contributed by atoms with van der Waals surface area (Å²) >= 11 is 0. The molecule has 1 atom stereocenters. The van der Waals surface area contributed by atoms with E-state index in [1.807, 2.05) is 44.2 Å². The van der Waals surface area contributed by atoms with Crippen LogP contribution in [0.1, 0.15) is 59.0 Å². The molecule has 2 heterocycles. The minimum absolute atomic E-state index is 0.0493. The molecule has 6 nitrogen and oxygen atoms in total. The van der Waals surface area contributed by atoms with Crippen LogP contribution in [0.3, 0.4) is 0 Å². The molecule has 0 aliphatic carbocycles. The van der Waals surface area contributed by atoms with Gasteiger partial charge in [-0.15, -0.1) is 0 Å². The van der Waals surface area contributed by atoms with E-state index in [4.69, 9.17) is 4.42 Å². The molecule has 1 aliphatic rings. The van der Waals surface area contributed by atoms with Gasteiger partial charge in [-0.1, -0.05) is 44.2 Å². The molecule has 0 spiro atoms. The van der Waals surface area contributed by atoms with E-state index in [9.17, 15) is 18.0 Å². The summed E-state index contributed by atoms with van der Waals surface area (Å²) in [6, 6.07) is 12.3. The van der Waals surface area contributed by atoms with E-state index in [2.05, 4.69) is 13.8 Å². The highest BCUT2D eigenvalue weighted by Crippen LogP contribution is 2.25. The molecule has 7 heteroatoms. The number of benzene rings is 2. The third-order valence-corrected chi connectivity index (χ3v) is 8.29. The normalized spacial score (nSPS) is 17.5. The Labute approximate surface area is 194 Å². The van der Waals surface area contributed by atoms with Crippen LogP contribution >= 0.6 is 0 Å². The van der Waals surface area contributed by atoms with Crippen LogP contribution in [-0.4, -0.2) is 36.8 Å². The quantitative estimate of drug-likeness (QED) is 0.557. The lowest BCUT2D eigenvalue weighted by atomic mass is 10.0. The van der Waals surface area contributed by atoms with E-state index in [0.717, 1.165) is 16.7 Å². The van der Waals surface area contributed by atoms with Gasteiger partial charge in [0.15, 0.2) is 21.0 Å². The highest BCUT2D eigenvalue weighted by atomic mass is 32.2. The average Bonchev–Trinajstić information content (AvgIpc) is 3.13. The van der Waals surface area contributed by atoms with E-state index >= 15 is 0 Å². The predicted octanol–water partition coefficient (Wildman–Crippen LogP) is 4.36. The van der Waals surface area contributed by atoms with Crippen molar-refractivity contribution in [3.05, 3.63) is 80.7 Å². The summed E-state index contributed by atoms with van der Waals surface area (Å²) in [4.78, 5) is 27.9. The molecule has 4 rings (SSSR count). The molecule has 0 unspecified atom stereocenters. The van der Waals surface area contributed by atoms with Crippen molar-refractivity contribution in [1.29, 1.82) is 0 Å². The van der Waals surface area contributed by atoms with Crippen LogP contribution in [0, 0.1) is 13.8 Å². The van der Waals surface area contributed by atoms with E-state index in [1.54, 1.807) is 11.0 Å². The number of carbonyl (C=O) groups excluding carboxylic acids is 1. The Hall–Kier alpha value is -2.93. The molecule has 1 fully saturated rings. The van der Waals surface area contributed by atoms with Crippen molar-refractivity contribution in [3.63, 3.8) is 0 Å². The molecular formula is C26H29NO5S. The van der Waals surface area contributed by atoms with Gasteiger partial charge < -0.3 is 9.32 Å². The van der Waals surface area contributed by atoms with Crippen molar-refractivity contribution in [2.45, 2.75) is 52.6 Å². The van der Waals surface area contributed by atoms with Gasteiger partial charge in [0, 0.05) is 18.7 Å². The summed E-state index contributed by atoms with van der Waals surface area (Å²) < 4.78 is 30.3. The fourth-order valence-corrected chi connectivity index (χ4v) is 6.02. The Morgan fingerprint density at radius 1 is 1.12 bits per heavy atom. The summed E-state index contributed by atoms with van der Waals surface area (Å²) in [6.07, 6.45) is 0.369. The van der Waals surface area contributed by atoms with Crippen molar-refractivity contribution < 1.29 is 17.6 Å². The predicted molar refractivity (Wildman–Crippen MR) is 129 cm³/mol. The number of nitrogens with zero attached hydrogens (tertiary/aromatic N) is 1. The van der Waals surface area contributed by atoms with E-state index < -0.39 is 21.8 Å². The van der Waals surface area contributed by atoms with Crippen molar-refractivity contribution >= 4 is 26.7 Å². The second-order valence-electron chi connectivity index (χ2n) is 9.25. The van der Waals surface area contributed by atoms with Crippen molar-refractivity contribution in [2.75, 3.05) is 11.5 Å². The Morgan fingerprint density at radius 2 is 1.82 bits per heavy atom. The average molecular weight is 468 g/mol. The summed E-state index contributed by atoms with van der Waals surface area (Å²) in [7, 11) is -3.21. The summed E-state index contributed by atoms with van der Waals surface area (Å²) in [5, 5.41) is 0.425. The molecule has 1 aromatic heterocycles. The molecule has 1 aliphatic heterocycles. The van der Waals surface area contributed by atoms with Crippen LogP contribution in [0.15, 0.2) is 51.7 Å². The SMILES string of the molecule is Cc1ccc2c(=O)cc(C(=O)N(Cc3ccc(C(C)C)cc3)[C@H]3CCS(=O)(=O)C3)oc2c1C. The number of carbonyl (C=O) groups is 1. The zero-order valence-corrected chi connectivity index (χ0v) is 20.2. The molecule has 1 amide bonds. The Kier molecular flexibility index (Phi) is 6.18. The minimum Gasteiger partial charge on any atom is -0.450 e. The lowest BCUT2D eigenvalue weighted by Gasteiger charge is -2.28. The summed E-state index contributed by atoms with van der Waals surface area (Å²) in [5.41, 5.74) is 3.95. The number of hydrogen-bond acceptors (Lipinski definition) is 5. The first-order valence-electron chi connectivity index (χ1n) is 11.2. The maximum Gasteiger partial charge on any atom is 0.290 e. The van der Waals surface area contributed by atoms with Gasteiger partial charge in [0.2, 0.25) is 0 Å². The second-order valence-corrected chi connectivity index (χ2v) is 11.5. The summed E-state index contributed by atoms with van der Waals surface area (Å²) in [6.45, 7) is 8.23. The monoisotopic (exact) mass is 467 g/mol. The van der Waals surface area contributed by atoms with Crippen LogP contribution in [-0.2, 0) is 16.4 Å². The minimum atomic E-state index is -3.21. The van der Waals surface area contributed by atoms with Gasteiger partial charge >= 0.3 is 0 Å². The largest absolute Gasteiger partial charge is 0.450 e. The first-order chi connectivity index (χ1) is 15.6. The fourth-order valence-electron chi connectivity index (χ4n) is 4.29. The molecule has 33 heavy (non-hydrogen) atoms. The standard InChI is InChI=1S/C26H29NO5S/c1-16(2)20-8-6-19(7-9-20)14-27(21-11-12-33(30,31)15-21)26(29)24-13-23(28)22-10-5-17(3)18(4)25(22)32-24/h5-10,13,16,21H,11-12,14-15H2,1-4H3/t21-/m0/s1. The summed E-state index contributed by atoms with van der Waals surface area (Å²) in [5.74, 6) is -0.184. The number of rotatable bonds is 5. The Bertz CT molecular complexity index is 1370. The lowest BCUT2D eigenvalue weighted by Crippen LogP contribution is -2.41. The van der Waals surface area contributed by atoms with Crippen molar-refractivity contribution in [2.24, 2.45) is 0 Å². The molecule has 1 saturated heterocycles. The van der Waals surface area contributed by atoms with Gasteiger partial charge in [-0.05, 0) is 54.5 Å². The molecule has 0 bridgehead atoms. The van der Waals surface area contributed by atoms with E-state index in [1.165, 1.54) is 11.6 Å². The van der Waals surface area contributed by atoms with E-state index in [0.29, 0.717) is 23.3 Å². The topological polar surface area (TPSA) is 84.7 Å². The Balaban J connectivity index is 1.74. The number of aryl methyl sites for hydroxylation is 2. The van der Waals surface area contributed by atoms with Crippen LogP contribution in [0.25, 0.3) is 11.0 Å². The van der Waals surface area contributed by atoms with Crippen molar-refractivity contribution in [1.82, 2.24) is 4.90 Å². The second kappa shape index (κ2) is 8.78. The molecule has 0 radical (unpaired) electrons. The molecule has 0 saturated carbocycles. The van der Waals surface area contributed by atoms with Gasteiger partial charge in [-0.25, -0.2) is 8.42 Å². The first kappa shape index (κ1) is 23.2. The third-order valence-electron chi connectivity index (χ3n) is 6.54. The molecule has 174 valence electrons. The smallest absolute Gasteiger partial charge is 0.290 e. The molecular weight excluding hydrogens is 438 g/mol. The number of sulfone groups is 1. The van der Waals surface area contributed by atoms with Crippen LogP contribution in [0.4, 0.5) is 0 Å². The maximum atomic E-state index is 13.6. The van der Waals surface area contributed by atoms with Gasteiger partial charge in [-0.3, -0.25) is 9.59 Å². The van der Waals surface area contributed by atoms with Crippen molar-refractivity contribution in [3.8, 4) is 0 Å². The van der Waals surface area contributed by atoms with Gasteiger partial charge in [0.25, 0.3) is 5.91 Å². The zero-order valence-electron chi connectivity index (χ0n) is 19.4. The lowest BCUT2D eigenvalue weighted by molar-refractivity contribution is 0.0648. The van der Waals surface area contributed by atoms with Crippen LogP contribution in [0.2, 0.25) is 0 Å². The van der Waals surface area contributed by atoms with Crippen LogP contribution < -0.4 is 5.43 Å². The molecule has 3 aromatic rings. The zero-order chi connectivity index (χ0) is 23.9. The number of amides is 1. The highest BCUT2D eigenvalue weighted by molar-refractivity contribution is 7.91. The van der Waals surface area contributed by atoms with Gasteiger partial charge in [0.1, 0.15) is 5.58 Å². The van der Waals surface area contributed by atoms with E-state index in [-0.39, 0.29) is 29.2 Å². The maximum absolute atomic E-state index is 13.6.